The van der Waals surface area contributed by atoms with E-state index in [-0.39, 0.29) is 0 Å². The zero-order valence-corrected chi connectivity index (χ0v) is 5.90. The average molecular weight is 164 g/mol. The van der Waals surface area contributed by atoms with Crippen LogP contribution in [0.15, 0.2) is 16.5 Å². The van der Waals surface area contributed by atoms with Crippen molar-refractivity contribution in [2.75, 3.05) is 0 Å². The van der Waals surface area contributed by atoms with E-state index in [0.717, 1.165) is 0 Å². The first-order valence-corrected chi connectivity index (χ1v) is 3.51. The molecule has 1 aliphatic heterocycles. The summed E-state index contributed by atoms with van der Waals surface area (Å²) in [7, 11) is 0. The molecular formula is C8H4O4. The number of aliphatic hydroxyl groups is 1. The van der Waals surface area contributed by atoms with Crippen LogP contribution in [-0.4, -0.2) is 11.1 Å². The van der Waals surface area contributed by atoms with E-state index in [1.54, 1.807) is 12.1 Å². The lowest BCUT2D eigenvalue weighted by Crippen LogP contribution is -1.96. The van der Waals surface area contributed by atoms with Crippen molar-refractivity contribution in [3.8, 4) is 0 Å². The molecule has 2 aromatic heterocycles. The maximum Gasteiger partial charge on any atom is 0.345 e. The maximum atomic E-state index is 11.1. The first kappa shape index (κ1) is 6.02. The number of rotatable bonds is 0. The highest BCUT2D eigenvalue weighted by Crippen LogP contribution is 2.39. The monoisotopic (exact) mass is 164 g/mol. The Morgan fingerprint density at radius 2 is 2.08 bits per heavy atom. The smallest absolute Gasteiger partial charge is 0.345 e. The third-order valence-corrected chi connectivity index (χ3v) is 2.06. The normalized spacial score (nSPS) is 21.8. The van der Waals surface area contributed by atoms with E-state index in [1.807, 2.05) is 0 Å². The van der Waals surface area contributed by atoms with Gasteiger partial charge in [0.25, 0.3) is 0 Å². The minimum atomic E-state index is -1.15. The largest absolute Gasteiger partial charge is 0.456 e. The third kappa shape index (κ3) is 0.474. The van der Waals surface area contributed by atoms with Gasteiger partial charge in [-0.05, 0) is 12.1 Å². The Morgan fingerprint density at radius 1 is 1.33 bits per heavy atom. The van der Waals surface area contributed by atoms with Crippen molar-refractivity contribution in [2.24, 2.45) is 0 Å². The first-order chi connectivity index (χ1) is 5.77. The average Bonchev–Trinajstić information content (AvgIpc) is 2.64. The number of hydrogen-bond acceptors (Lipinski definition) is 4. The van der Waals surface area contributed by atoms with E-state index in [1.165, 1.54) is 0 Å². The van der Waals surface area contributed by atoms with Gasteiger partial charge in [0, 0.05) is 0 Å². The number of hydrogen-bond donors (Lipinski definition) is 1. The van der Waals surface area contributed by atoms with Crippen LogP contribution in [-0.2, 0) is 4.74 Å². The van der Waals surface area contributed by atoms with E-state index in [4.69, 9.17) is 4.42 Å². The molecule has 1 aliphatic rings. The van der Waals surface area contributed by atoms with Crippen molar-refractivity contribution >= 4 is 17.1 Å². The fraction of sp³-hybridized carbons (Fsp3) is 0.125. The number of esters is 1. The molecule has 4 nitrogen and oxygen atoms in total. The van der Waals surface area contributed by atoms with Crippen molar-refractivity contribution in [3.63, 3.8) is 0 Å². The third-order valence-electron chi connectivity index (χ3n) is 2.06. The first-order valence-electron chi connectivity index (χ1n) is 3.51. The zero-order valence-electron chi connectivity index (χ0n) is 5.90. The Bertz CT molecular complexity index is 456. The molecule has 0 spiro atoms. The molecule has 1 atom stereocenters. The van der Waals surface area contributed by atoms with Crippen molar-refractivity contribution < 1.29 is 19.1 Å². The number of carbonyl (C=O) groups excluding carboxylic acids is 1. The summed E-state index contributed by atoms with van der Waals surface area (Å²) in [6.07, 6.45) is -1.15. The molecule has 1 unspecified atom stereocenters. The summed E-state index contributed by atoms with van der Waals surface area (Å²) in [5.41, 5.74) is 1.86. The number of carbonyl (C=O) groups is 1. The molecule has 0 aromatic carbocycles. The highest BCUT2D eigenvalue weighted by molar-refractivity contribution is 6.04. The zero-order chi connectivity index (χ0) is 8.29. The molecule has 0 radical (unpaired) electrons. The molecule has 1 N–H and O–H groups in total. The van der Waals surface area contributed by atoms with Crippen LogP contribution in [0.25, 0.3) is 11.2 Å². The van der Waals surface area contributed by atoms with Crippen molar-refractivity contribution in [1.29, 1.82) is 0 Å². The topological polar surface area (TPSA) is 59.7 Å². The van der Waals surface area contributed by atoms with Gasteiger partial charge in [-0.1, -0.05) is 0 Å². The highest BCUT2D eigenvalue weighted by Gasteiger charge is 2.36. The van der Waals surface area contributed by atoms with Crippen LogP contribution in [0, 0.1) is 0 Å². The van der Waals surface area contributed by atoms with Gasteiger partial charge in [-0.3, -0.25) is 0 Å². The minimum absolute atomic E-state index is 0.375. The number of ether oxygens (including phenoxy) is 1. The summed E-state index contributed by atoms with van der Waals surface area (Å²) >= 11 is 0. The SMILES string of the molecule is O=C1OC(O)c2c1c1ccc2o1. The quantitative estimate of drug-likeness (QED) is 0.591. The van der Waals surface area contributed by atoms with Gasteiger partial charge in [0.15, 0.2) is 0 Å². The van der Waals surface area contributed by atoms with Gasteiger partial charge < -0.3 is 14.3 Å². The summed E-state index contributed by atoms with van der Waals surface area (Å²) in [4.78, 5) is 11.1. The molecular weight excluding hydrogens is 160 g/mol. The maximum absolute atomic E-state index is 11.1. The summed E-state index contributed by atoms with van der Waals surface area (Å²) in [6, 6.07) is 3.40. The Labute approximate surface area is 66.7 Å². The minimum Gasteiger partial charge on any atom is -0.456 e. The molecule has 3 rings (SSSR count). The van der Waals surface area contributed by atoms with Crippen molar-refractivity contribution in [2.45, 2.75) is 6.29 Å². The van der Waals surface area contributed by atoms with E-state index >= 15 is 0 Å². The van der Waals surface area contributed by atoms with Crippen LogP contribution in [0.3, 0.4) is 0 Å². The van der Waals surface area contributed by atoms with E-state index in [2.05, 4.69) is 4.74 Å². The summed E-state index contributed by atoms with van der Waals surface area (Å²) < 4.78 is 9.76. The predicted octanol–water partition coefficient (Wildman–Crippen LogP) is 1.03. The van der Waals surface area contributed by atoms with Crippen molar-refractivity contribution in [3.05, 3.63) is 23.3 Å². The molecule has 3 heterocycles. The number of aliphatic hydroxyl groups excluding tert-OH is 1. The van der Waals surface area contributed by atoms with Gasteiger partial charge in [0.05, 0.1) is 5.56 Å². The summed E-state index contributed by atoms with van der Waals surface area (Å²) in [6.45, 7) is 0. The summed E-state index contributed by atoms with van der Waals surface area (Å²) in [5, 5.41) is 9.24. The highest BCUT2D eigenvalue weighted by atomic mass is 16.6. The molecule has 4 heteroatoms. The predicted molar refractivity (Wildman–Crippen MR) is 37.8 cm³/mol. The van der Waals surface area contributed by atoms with Crippen LogP contribution in [0.1, 0.15) is 22.2 Å². The second kappa shape index (κ2) is 1.61. The molecule has 2 bridgehead atoms. The second-order valence-electron chi connectivity index (χ2n) is 2.71. The van der Waals surface area contributed by atoms with Gasteiger partial charge in [-0.25, -0.2) is 4.79 Å². The van der Waals surface area contributed by atoms with Crippen LogP contribution in [0.5, 0.6) is 0 Å². The van der Waals surface area contributed by atoms with E-state index in [0.29, 0.717) is 22.3 Å². The molecule has 2 aromatic rings. The number of furan rings is 2. The fourth-order valence-corrected chi connectivity index (χ4v) is 1.55. The molecule has 0 amide bonds. The lowest BCUT2D eigenvalue weighted by atomic mass is 10.1. The molecule has 0 saturated heterocycles. The molecule has 0 fully saturated rings. The van der Waals surface area contributed by atoms with Crippen LogP contribution in [0.2, 0.25) is 0 Å². The van der Waals surface area contributed by atoms with Crippen LogP contribution < -0.4 is 0 Å². The Kier molecular flexibility index (Phi) is 0.810. The molecule has 0 aliphatic carbocycles. The van der Waals surface area contributed by atoms with Crippen LogP contribution >= 0.6 is 0 Å². The number of fused-ring (bicyclic) bond motifs is 5. The Morgan fingerprint density at radius 3 is 2.83 bits per heavy atom. The Hall–Kier alpha value is -1.55. The molecule has 0 saturated carbocycles. The van der Waals surface area contributed by atoms with Gasteiger partial charge in [-0.15, -0.1) is 0 Å². The van der Waals surface area contributed by atoms with E-state index < -0.39 is 12.3 Å². The van der Waals surface area contributed by atoms with Gasteiger partial charge >= 0.3 is 5.97 Å². The lowest BCUT2D eigenvalue weighted by molar-refractivity contribution is -0.0545. The molecule has 12 heavy (non-hydrogen) atoms. The van der Waals surface area contributed by atoms with Gasteiger partial charge in [0.2, 0.25) is 6.29 Å². The van der Waals surface area contributed by atoms with Gasteiger partial charge in [0.1, 0.15) is 16.7 Å². The number of cyclic esters (lactones) is 1. The standard InChI is InChI=1S/C8H4O4/c9-7-5-3-1-2-4(11-3)6(5)8(10)12-7/h1-2,7,9H. The van der Waals surface area contributed by atoms with Gasteiger partial charge in [-0.2, -0.15) is 0 Å². The molecule has 60 valence electrons. The Balaban J connectivity index is 2.46. The second-order valence-corrected chi connectivity index (χ2v) is 2.71. The summed E-state index contributed by atoms with van der Waals surface area (Å²) in [5.74, 6) is -0.508. The lowest BCUT2D eigenvalue weighted by Gasteiger charge is -1.98. The number of benzene rings is 1. The van der Waals surface area contributed by atoms with Crippen molar-refractivity contribution in [1.82, 2.24) is 0 Å². The fourth-order valence-electron chi connectivity index (χ4n) is 1.55. The van der Waals surface area contributed by atoms with E-state index in [9.17, 15) is 9.90 Å². The van der Waals surface area contributed by atoms with Crippen LogP contribution in [0.4, 0.5) is 0 Å².